The summed E-state index contributed by atoms with van der Waals surface area (Å²) in [5.74, 6) is -0.503. The first-order valence-electron chi connectivity index (χ1n) is 8.91. The standard InChI is InChI=1S/C20H24N2O6S/c1-6-9-21-18(24)16-11(2)15(20(25)28-5)19(29-16)22-17(23)12-7-8-13(26-3)14(10-12)27-4/h7-8,10H,6,9H2,1-5H3,(H,21,24)(H,22,23). The average Bonchev–Trinajstić information content (AvgIpc) is 3.06. The molecule has 0 unspecified atom stereocenters. The monoisotopic (exact) mass is 420 g/mol. The highest BCUT2D eigenvalue weighted by Gasteiger charge is 2.26. The van der Waals surface area contributed by atoms with E-state index in [2.05, 4.69) is 10.6 Å². The number of nitrogens with one attached hydrogen (secondary N) is 2. The van der Waals surface area contributed by atoms with Crippen LogP contribution in [0.5, 0.6) is 11.5 Å². The molecule has 0 saturated carbocycles. The minimum absolute atomic E-state index is 0.160. The molecular formula is C20H24N2O6S. The van der Waals surface area contributed by atoms with Gasteiger partial charge in [-0.15, -0.1) is 11.3 Å². The van der Waals surface area contributed by atoms with Gasteiger partial charge in [-0.25, -0.2) is 4.79 Å². The minimum atomic E-state index is -0.629. The van der Waals surface area contributed by atoms with Crippen molar-refractivity contribution >= 4 is 34.1 Å². The molecule has 1 aromatic heterocycles. The van der Waals surface area contributed by atoms with Gasteiger partial charge in [0.2, 0.25) is 0 Å². The van der Waals surface area contributed by atoms with E-state index in [4.69, 9.17) is 14.2 Å². The van der Waals surface area contributed by atoms with Crippen LogP contribution < -0.4 is 20.1 Å². The molecule has 29 heavy (non-hydrogen) atoms. The Hall–Kier alpha value is -3.07. The summed E-state index contributed by atoms with van der Waals surface area (Å²) in [6.07, 6.45) is 0.781. The Morgan fingerprint density at radius 1 is 1.03 bits per heavy atom. The van der Waals surface area contributed by atoms with Gasteiger partial charge in [0.1, 0.15) is 5.00 Å². The molecular weight excluding hydrogens is 396 g/mol. The highest BCUT2D eigenvalue weighted by Crippen LogP contribution is 2.34. The maximum absolute atomic E-state index is 12.8. The number of esters is 1. The molecule has 2 amide bonds. The molecule has 0 fully saturated rings. The van der Waals surface area contributed by atoms with Crippen LogP contribution in [0, 0.1) is 6.92 Å². The summed E-state index contributed by atoms with van der Waals surface area (Å²) in [6.45, 7) is 4.10. The zero-order valence-electron chi connectivity index (χ0n) is 17.0. The van der Waals surface area contributed by atoms with Crippen LogP contribution in [-0.2, 0) is 4.74 Å². The maximum atomic E-state index is 12.8. The van der Waals surface area contributed by atoms with Crippen LogP contribution in [0.25, 0.3) is 0 Å². The normalized spacial score (nSPS) is 10.2. The lowest BCUT2D eigenvalue weighted by Gasteiger charge is -2.10. The molecule has 0 bridgehead atoms. The van der Waals surface area contributed by atoms with Gasteiger partial charge in [0.05, 0.1) is 31.8 Å². The molecule has 0 radical (unpaired) electrons. The molecule has 0 aliphatic carbocycles. The number of ether oxygens (including phenoxy) is 3. The van der Waals surface area contributed by atoms with Gasteiger partial charge in [-0.2, -0.15) is 0 Å². The molecule has 0 aliphatic heterocycles. The number of carbonyl (C=O) groups is 3. The first kappa shape index (κ1) is 22.2. The van der Waals surface area contributed by atoms with Gasteiger partial charge < -0.3 is 24.8 Å². The number of amides is 2. The smallest absolute Gasteiger partial charge is 0.341 e. The van der Waals surface area contributed by atoms with E-state index in [9.17, 15) is 14.4 Å². The second-order valence-electron chi connectivity index (χ2n) is 6.03. The molecule has 0 aliphatic rings. The van der Waals surface area contributed by atoms with Gasteiger partial charge in [-0.3, -0.25) is 9.59 Å². The molecule has 156 valence electrons. The molecule has 8 nitrogen and oxygen atoms in total. The zero-order valence-corrected chi connectivity index (χ0v) is 17.8. The SMILES string of the molecule is CCCNC(=O)c1sc(NC(=O)c2ccc(OC)c(OC)c2)c(C(=O)OC)c1C. The van der Waals surface area contributed by atoms with Crippen molar-refractivity contribution in [3.05, 3.63) is 39.8 Å². The van der Waals surface area contributed by atoms with E-state index in [0.29, 0.717) is 34.0 Å². The second-order valence-corrected chi connectivity index (χ2v) is 7.05. The van der Waals surface area contributed by atoms with E-state index >= 15 is 0 Å². The van der Waals surface area contributed by atoms with Crippen molar-refractivity contribution in [2.75, 3.05) is 33.2 Å². The van der Waals surface area contributed by atoms with Gasteiger partial charge in [0.15, 0.2) is 11.5 Å². The van der Waals surface area contributed by atoms with Gasteiger partial charge in [-0.05, 0) is 37.1 Å². The van der Waals surface area contributed by atoms with Crippen molar-refractivity contribution in [1.29, 1.82) is 0 Å². The van der Waals surface area contributed by atoms with Crippen LogP contribution in [-0.4, -0.2) is 45.7 Å². The van der Waals surface area contributed by atoms with Crippen LogP contribution in [0.1, 0.15) is 49.3 Å². The quantitative estimate of drug-likeness (QED) is 0.636. The van der Waals surface area contributed by atoms with E-state index in [1.54, 1.807) is 19.1 Å². The largest absolute Gasteiger partial charge is 0.493 e. The number of methoxy groups -OCH3 is 3. The third-order valence-electron chi connectivity index (χ3n) is 4.15. The van der Waals surface area contributed by atoms with Crippen molar-refractivity contribution < 1.29 is 28.6 Å². The third kappa shape index (κ3) is 4.86. The molecule has 2 N–H and O–H groups in total. The Kier molecular flexibility index (Phi) is 7.60. The van der Waals surface area contributed by atoms with E-state index in [-0.39, 0.29) is 16.5 Å². The zero-order chi connectivity index (χ0) is 21.6. The van der Waals surface area contributed by atoms with Gasteiger partial charge in [0.25, 0.3) is 11.8 Å². The van der Waals surface area contributed by atoms with E-state index < -0.39 is 11.9 Å². The summed E-state index contributed by atoms with van der Waals surface area (Å²) in [5.41, 5.74) is 0.924. The summed E-state index contributed by atoms with van der Waals surface area (Å²) in [4.78, 5) is 37.8. The van der Waals surface area contributed by atoms with Crippen molar-refractivity contribution in [3.8, 4) is 11.5 Å². The van der Waals surface area contributed by atoms with Gasteiger partial charge in [0, 0.05) is 12.1 Å². The van der Waals surface area contributed by atoms with Gasteiger partial charge >= 0.3 is 5.97 Å². The summed E-state index contributed by atoms with van der Waals surface area (Å²) in [6, 6.07) is 4.71. The predicted octanol–water partition coefficient (Wildman–Crippen LogP) is 3.25. The Bertz CT molecular complexity index is 922. The lowest BCUT2D eigenvalue weighted by molar-refractivity contribution is 0.0601. The first-order valence-corrected chi connectivity index (χ1v) is 9.72. The number of hydrogen-bond donors (Lipinski definition) is 2. The molecule has 9 heteroatoms. The van der Waals surface area contributed by atoms with E-state index in [1.807, 2.05) is 6.92 Å². The third-order valence-corrected chi connectivity index (χ3v) is 5.36. The molecule has 0 saturated heterocycles. The maximum Gasteiger partial charge on any atom is 0.341 e. The Morgan fingerprint density at radius 3 is 2.31 bits per heavy atom. The summed E-state index contributed by atoms with van der Waals surface area (Å²) >= 11 is 1.03. The highest BCUT2D eigenvalue weighted by molar-refractivity contribution is 7.18. The molecule has 1 heterocycles. The lowest BCUT2D eigenvalue weighted by Crippen LogP contribution is -2.23. The van der Waals surface area contributed by atoms with Crippen molar-refractivity contribution in [2.45, 2.75) is 20.3 Å². The fourth-order valence-corrected chi connectivity index (χ4v) is 3.74. The molecule has 0 atom stereocenters. The molecule has 2 rings (SSSR count). The molecule has 0 spiro atoms. The fourth-order valence-electron chi connectivity index (χ4n) is 2.64. The molecule has 2 aromatic rings. The van der Waals surface area contributed by atoms with E-state index in [1.165, 1.54) is 27.4 Å². The van der Waals surface area contributed by atoms with Crippen LogP contribution in [0.2, 0.25) is 0 Å². The highest BCUT2D eigenvalue weighted by atomic mass is 32.1. The molecule has 1 aromatic carbocycles. The number of rotatable bonds is 8. The van der Waals surface area contributed by atoms with Crippen LogP contribution >= 0.6 is 11.3 Å². The average molecular weight is 420 g/mol. The lowest BCUT2D eigenvalue weighted by atomic mass is 10.1. The van der Waals surface area contributed by atoms with Crippen molar-refractivity contribution in [2.24, 2.45) is 0 Å². The van der Waals surface area contributed by atoms with E-state index in [0.717, 1.165) is 17.8 Å². The van der Waals surface area contributed by atoms with Crippen molar-refractivity contribution in [3.63, 3.8) is 0 Å². The second kappa shape index (κ2) is 9.92. The Morgan fingerprint density at radius 2 is 1.72 bits per heavy atom. The first-order chi connectivity index (χ1) is 13.9. The summed E-state index contributed by atoms with van der Waals surface area (Å²) < 4.78 is 15.2. The number of hydrogen-bond acceptors (Lipinski definition) is 7. The van der Waals surface area contributed by atoms with Gasteiger partial charge in [-0.1, -0.05) is 6.92 Å². The number of anilines is 1. The number of carbonyl (C=O) groups excluding carboxylic acids is 3. The van der Waals surface area contributed by atoms with Crippen molar-refractivity contribution in [1.82, 2.24) is 5.32 Å². The summed E-state index contributed by atoms with van der Waals surface area (Å²) in [7, 11) is 4.22. The van der Waals surface area contributed by atoms with Crippen LogP contribution in [0.3, 0.4) is 0 Å². The number of thiophene rings is 1. The summed E-state index contributed by atoms with van der Waals surface area (Å²) in [5, 5.41) is 5.73. The predicted molar refractivity (Wildman–Crippen MR) is 111 cm³/mol. The van der Waals surface area contributed by atoms with Crippen LogP contribution in [0.4, 0.5) is 5.00 Å². The number of benzene rings is 1. The Labute approximate surface area is 173 Å². The Balaban J connectivity index is 2.39. The minimum Gasteiger partial charge on any atom is -0.493 e. The topological polar surface area (TPSA) is 103 Å². The van der Waals surface area contributed by atoms with Crippen LogP contribution in [0.15, 0.2) is 18.2 Å². The fraction of sp³-hybridized carbons (Fsp3) is 0.350.